The van der Waals surface area contributed by atoms with E-state index in [2.05, 4.69) is 22.5 Å². The van der Waals surface area contributed by atoms with Crippen LogP contribution in [-0.4, -0.2) is 30.0 Å². The molecule has 1 N–H and O–H groups in total. The zero-order valence-corrected chi connectivity index (χ0v) is 12.5. The molecule has 1 atom stereocenters. The number of aromatic nitrogens is 2. The number of rotatable bonds is 4. The molecule has 0 saturated heterocycles. The molecule has 1 aliphatic heterocycles. The second-order valence-corrected chi connectivity index (χ2v) is 5.28. The quantitative estimate of drug-likeness (QED) is 0.937. The number of nitrogens with one attached hydrogen (secondary N) is 1. The highest BCUT2D eigenvalue weighted by molar-refractivity contribution is 5.44. The number of benzene rings is 1. The van der Waals surface area contributed by atoms with Gasteiger partial charge < -0.3 is 14.8 Å². The highest BCUT2D eigenvalue weighted by Gasteiger charge is 2.16. The van der Waals surface area contributed by atoms with Crippen molar-refractivity contribution < 1.29 is 9.47 Å². The summed E-state index contributed by atoms with van der Waals surface area (Å²) in [6.07, 6.45) is 2.93. The van der Waals surface area contributed by atoms with Gasteiger partial charge in [0.2, 0.25) is 0 Å². The number of fused-ring (bicyclic) bond motifs is 1. The van der Waals surface area contributed by atoms with Crippen molar-refractivity contribution in [2.24, 2.45) is 0 Å². The second kappa shape index (κ2) is 6.18. The van der Waals surface area contributed by atoms with E-state index in [0.29, 0.717) is 13.2 Å². The second-order valence-electron chi connectivity index (χ2n) is 5.28. The Hall–Kier alpha value is -2.01. The van der Waals surface area contributed by atoms with Gasteiger partial charge in [0.25, 0.3) is 0 Å². The van der Waals surface area contributed by atoms with Crippen LogP contribution in [0, 0.1) is 6.92 Å². The number of likely N-dealkylation sites (N-methyl/N-ethyl adjacent to an activating group) is 1. The molecular weight excluding hydrogens is 266 g/mol. The monoisotopic (exact) mass is 287 g/mol. The smallest absolute Gasteiger partial charge is 0.161 e. The van der Waals surface area contributed by atoms with Crippen LogP contribution in [-0.2, 0) is 6.54 Å². The lowest BCUT2D eigenvalue weighted by Gasteiger charge is -2.18. The molecule has 1 aliphatic rings. The highest BCUT2D eigenvalue weighted by Crippen LogP contribution is 2.32. The number of nitrogens with zero attached hydrogens (tertiary/aromatic N) is 2. The van der Waals surface area contributed by atoms with Crippen LogP contribution >= 0.6 is 0 Å². The molecule has 2 aromatic rings. The first-order chi connectivity index (χ1) is 10.3. The maximum atomic E-state index is 5.76. The molecule has 1 aromatic heterocycles. The van der Waals surface area contributed by atoms with Crippen molar-refractivity contribution in [1.82, 2.24) is 15.1 Å². The normalized spacial score (nSPS) is 15.5. The molecule has 2 heterocycles. The summed E-state index contributed by atoms with van der Waals surface area (Å²) in [5, 5.41) is 7.79. The van der Waals surface area contributed by atoms with Gasteiger partial charge in [-0.1, -0.05) is 6.07 Å². The molecule has 3 rings (SSSR count). The summed E-state index contributed by atoms with van der Waals surface area (Å²) < 4.78 is 13.4. The molecule has 0 spiro atoms. The maximum Gasteiger partial charge on any atom is 0.161 e. The van der Waals surface area contributed by atoms with Crippen molar-refractivity contribution >= 4 is 0 Å². The third-order valence-electron chi connectivity index (χ3n) is 3.67. The van der Waals surface area contributed by atoms with E-state index in [0.717, 1.165) is 30.2 Å². The van der Waals surface area contributed by atoms with Crippen molar-refractivity contribution in [3.8, 4) is 11.5 Å². The molecule has 1 unspecified atom stereocenters. The molecule has 0 fully saturated rings. The van der Waals surface area contributed by atoms with Gasteiger partial charge in [-0.15, -0.1) is 0 Å². The maximum absolute atomic E-state index is 5.76. The Morgan fingerprint density at radius 3 is 2.76 bits per heavy atom. The molecule has 0 amide bonds. The van der Waals surface area contributed by atoms with Gasteiger partial charge in [0.05, 0.1) is 31.5 Å². The average molecular weight is 287 g/mol. The molecular formula is C16H21N3O2. The van der Waals surface area contributed by atoms with Gasteiger partial charge in [-0.05, 0) is 37.7 Å². The summed E-state index contributed by atoms with van der Waals surface area (Å²) in [5.41, 5.74) is 2.21. The first-order valence-electron chi connectivity index (χ1n) is 7.33. The Morgan fingerprint density at radius 2 is 2.05 bits per heavy atom. The van der Waals surface area contributed by atoms with Crippen LogP contribution in [0.2, 0.25) is 0 Å². The van der Waals surface area contributed by atoms with Gasteiger partial charge in [0.15, 0.2) is 11.5 Å². The fourth-order valence-electron chi connectivity index (χ4n) is 2.51. The Morgan fingerprint density at radius 1 is 1.24 bits per heavy atom. The predicted octanol–water partition coefficient (Wildman–Crippen LogP) is 2.31. The lowest BCUT2D eigenvalue weighted by Crippen LogP contribution is -2.22. The van der Waals surface area contributed by atoms with E-state index in [4.69, 9.17) is 9.47 Å². The summed E-state index contributed by atoms with van der Waals surface area (Å²) in [5.74, 6) is 1.67. The van der Waals surface area contributed by atoms with Crippen LogP contribution in [0.3, 0.4) is 0 Å². The standard InChI is InChI=1S/C16H21N3O2/c1-12-6-7-19(18-12)11-14(17-2)13-4-5-15-16(10-13)21-9-3-8-20-15/h4-7,10,14,17H,3,8-9,11H2,1-2H3. The molecule has 112 valence electrons. The SMILES string of the molecule is CNC(Cn1ccc(C)n1)c1ccc2c(c1)OCCCO2. The Labute approximate surface area is 124 Å². The van der Waals surface area contributed by atoms with Gasteiger partial charge in [-0.2, -0.15) is 5.10 Å². The van der Waals surface area contributed by atoms with Crippen LogP contribution in [0.1, 0.15) is 23.7 Å². The minimum Gasteiger partial charge on any atom is -0.490 e. The van der Waals surface area contributed by atoms with E-state index in [-0.39, 0.29) is 6.04 Å². The lowest BCUT2D eigenvalue weighted by atomic mass is 10.1. The zero-order chi connectivity index (χ0) is 14.7. The predicted molar refractivity (Wildman–Crippen MR) is 80.8 cm³/mol. The fourth-order valence-corrected chi connectivity index (χ4v) is 2.51. The number of hydrogen-bond acceptors (Lipinski definition) is 4. The molecule has 0 radical (unpaired) electrons. The lowest BCUT2D eigenvalue weighted by molar-refractivity contribution is 0.297. The van der Waals surface area contributed by atoms with E-state index < -0.39 is 0 Å². The Balaban J connectivity index is 1.81. The molecule has 0 aliphatic carbocycles. The molecule has 1 aromatic carbocycles. The van der Waals surface area contributed by atoms with Gasteiger partial charge >= 0.3 is 0 Å². The van der Waals surface area contributed by atoms with Crippen LogP contribution in [0.25, 0.3) is 0 Å². The largest absolute Gasteiger partial charge is 0.490 e. The summed E-state index contributed by atoms with van der Waals surface area (Å²) >= 11 is 0. The van der Waals surface area contributed by atoms with Crippen molar-refractivity contribution in [1.29, 1.82) is 0 Å². The van der Waals surface area contributed by atoms with E-state index in [9.17, 15) is 0 Å². The van der Waals surface area contributed by atoms with Crippen LogP contribution in [0.4, 0.5) is 0 Å². The summed E-state index contributed by atoms with van der Waals surface area (Å²) in [6.45, 7) is 4.20. The zero-order valence-electron chi connectivity index (χ0n) is 12.5. The van der Waals surface area contributed by atoms with Gasteiger partial charge in [-0.25, -0.2) is 0 Å². The number of ether oxygens (including phenoxy) is 2. The highest BCUT2D eigenvalue weighted by atomic mass is 16.5. The summed E-state index contributed by atoms with van der Waals surface area (Å²) in [4.78, 5) is 0. The number of aryl methyl sites for hydroxylation is 1. The van der Waals surface area contributed by atoms with Crippen molar-refractivity contribution in [3.63, 3.8) is 0 Å². The molecule has 21 heavy (non-hydrogen) atoms. The first-order valence-corrected chi connectivity index (χ1v) is 7.33. The van der Waals surface area contributed by atoms with Crippen molar-refractivity contribution in [2.75, 3.05) is 20.3 Å². The first kappa shape index (κ1) is 13.9. The van der Waals surface area contributed by atoms with Crippen molar-refractivity contribution in [3.05, 3.63) is 41.7 Å². The number of hydrogen-bond donors (Lipinski definition) is 1. The van der Waals surface area contributed by atoms with Crippen LogP contribution in [0.5, 0.6) is 11.5 Å². The average Bonchev–Trinajstić information content (AvgIpc) is 2.76. The minimum absolute atomic E-state index is 0.182. The van der Waals surface area contributed by atoms with Crippen LogP contribution in [0.15, 0.2) is 30.5 Å². The van der Waals surface area contributed by atoms with Gasteiger partial charge in [-0.3, -0.25) is 4.68 Å². The Bertz CT molecular complexity index is 609. The Kier molecular flexibility index (Phi) is 4.10. The summed E-state index contributed by atoms with van der Waals surface area (Å²) in [6, 6.07) is 8.35. The fraction of sp³-hybridized carbons (Fsp3) is 0.438. The van der Waals surface area contributed by atoms with E-state index in [1.165, 1.54) is 5.56 Å². The molecule has 5 heteroatoms. The van der Waals surface area contributed by atoms with E-state index >= 15 is 0 Å². The van der Waals surface area contributed by atoms with Gasteiger partial charge in [0, 0.05) is 12.6 Å². The van der Waals surface area contributed by atoms with Crippen molar-refractivity contribution in [2.45, 2.75) is 25.9 Å². The molecule has 5 nitrogen and oxygen atoms in total. The summed E-state index contributed by atoms with van der Waals surface area (Å²) in [7, 11) is 1.96. The van der Waals surface area contributed by atoms with E-state index in [1.807, 2.05) is 37.0 Å². The van der Waals surface area contributed by atoms with E-state index in [1.54, 1.807) is 0 Å². The third kappa shape index (κ3) is 3.19. The van der Waals surface area contributed by atoms with Crippen LogP contribution < -0.4 is 14.8 Å². The molecule has 0 bridgehead atoms. The molecule has 0 saturated carbocycles. The third-order valence-corrected chi connectivity index (χ3v) is 3.67. The minimum atomic E-state index is 0.182. The van der Waals surface area contributed by atoms with Gasteiger partial charge in [0.1, 0.15) is 0 Å². The topological polar surface area (TPSA) is 48.3 Å².